The van der Waals surface area contributed by atoms with Crippen LogP contribution in [0.4, 0.5) is 10.1 Å². The maximum Gasteiger partial charge on any atom is 0.335 e. The maximum absolute atomic E-state index is 13.7. The number of halogens is 1. The molecule has 0 fully saturated rings. The number of aromatic carboxylic acids is 1. The topological polar surface area (TPSA) is 50.9 Å². The van der Waals surface area contributed by atoms with Gasteiger partial charge in [0, 0.05) is 5.56 Å². The van der Waals surface area contributed by atoms with Crippen molar-refractivity contribution in [3.05, 3.63) is 76.4 Å². The van der Waals surface area contributed by atoms with Crippen LogP contribution in [0.3, 0.4) is 0 Å². The molecule has 114 valence electrons. The first-order chi connectivity index (χ1) is 11.0. The lowest BCUT2D eigenvalue weighted by Crippen LogP contribution is -2.16. The highest BCUT2D eigenvalue weighted by Gasteiger charge is 2.22. The smallest absolute Gasteiger partial charge is 0.335 e. The number of carbonyl (C=O) groups is 1. The van der Waals surface area contributed by atoms with Crippen molar-refractivity contribution in [2.75, 3.05) is 0 Å². The predicted octanol–water partition coefficient (Wildman–Crippen LogP) is 4.29. The van der Waals surface area contributed by atoms with Crippen molar-refractivity contribution in [3.8, 4) is 5.75 Å². The van der Waals surface area contributed by atoms with Crippen LogP contribution in [0.2, 0.25) is 0 Å². The van der Waals surface area contributed by atoms with E-state index in [4.69, 9.17) is 11.3 Å². The molecule has 5 heteroatoms. The van der Waals surface area contributed by atoms with Gasteiger partial charge in [0.25, 0.3) is 0 Å². The molecule has 0 spiro atoms. The number of fused-ring (bicyclic) bond motifs is 1. The zero-order chi connectivity index (χ0) is 16.6. The molecule has 0 radical (unpaired) electrons. The van der Waals surface area contributed by atoms with Crippen molar-refractivity contribution in [3.63, 3.8) is 0 Å². The van der Waals surface area contributed by atoms with Crippen molar-refractivity contribution < 1.29 is 19.0 Å². The van der Waals surface area contributed by atoms with E-state index in [0.29, 0.717) is 28.1 Å². The number of ether oxygens (including phenoxy) is 1. The molecule has 0 saturated carbocycles. The fourth-order valence-electron chi connectivity index (χ4n) is 2.59. The molecule has 1 aliphatic rings. The number of hydrogen-bond acceptors (Lipinski definition) is 2. The summed E-state index contributed by atoms with van der Waals surface area (Å²) in [5, 5.41) is 9.17. The number of carboxylic acid groups (broad SMARTS) is 1. The van der Waals surface area contributed by atoms with Crippen LogP contribution in [0.1, 0.15) is 28.4 Å². The summed E-state index contributed by atoms with van der Waals surface area (Å²) in [6, 6.07) is 8.45. The van der Waals surface area contributed by atoms with Gasteiger partial charge in [0.1, 0.15) is 17.7 Å². The largest absolute Gasteiger partial charge is 0.486 e. The van der Waals surface area contributed by atoms with E-state index in [9.17, 15) is 14.3 Å². The summed E-state index contributed by atoms with van der Waals surface area (Å²) < 4.78 is 19.3. The molecular formula is C18H12FNO3. The number of hydrogen-bond donors (Lipinski definition) is 1. The fourth-order valence-corrected chi connectivity index (χ4v) is 2.59. The lowest BCUT2D eigenvalue weighted by Gasteiger charge is -2.24. The van der Waals surface area contributed by atoms with Crippen molar-refractivity contribution in [1.29, 1.82) is 0 Å². The van der Waals surface area contributed by atoms with Gasteiger partial charge in [-0.25, -0.2) is 14.0 Å². The summed E-state index contributed by atoms with van der Waals surface area (Å²) in [5.74, 6) is -1.00. The van der Waals surface area contributed by atoms with Gasteiger partial charge in [-0.2, -0.15) is 0 Å². The van der Waals surface area contributed by atoms with Crippen LogP contribution in [0, 0.1) is 12.4 Å². The Morgan fingerprint density at radius 3 is 2.74 bits per heavy atom. The third kappa shape index (κ3) is 2.67. The number of benzene rings is 2. The van der Waals surface area contributed by atoms with Gasteiger partial charge >= 0.3 is 5.97 Å². The number of rotatable bonds is 2. The van der Waals surface area contributed by atoms with E-state index in [1.807, 2.05) is 6.92 Å². The van der Waals surface area contributed by atoms with Crippen LogP contribution >= 0.6 is 0 Å². The molecule has 0 amide bonds. The Bertz CT molecular complexity index is 880. The highest BCUT2D eigenvalue weighted by atomic mass is 19.1. The van der Waals surface area contributed by atoms with Crippen LogP contribution in [0.5, 0.6) is 5.75 Å². The minimum absolute atomic E-state index is 0.105. The minimum atomic E-state index is -1.06. The molecule has 23 heavy (non-hydrogen) atoms. The summed E-state index contributed by atoms with van der Waals surface area (Å²) in [6.45, 7) is 9.09. The van der Waals surface area contributed by atoms with Gasteiger partial charge in [-0.3, -0.25) is 0 Å². The standard InChI is InChI=1S/C18H12FNO3/c1-10-7-13(14-9-12(19)4-5-16(14)20-2)15-8-11(18(21)22)3-6-17(15)23-10/h3-10H,1H3,(H,21,22). The van der Waals surface area contributed by atoms with Crippen molar-refractivity contribution in [2.24, 2.45) is 0 Å². The van der Waals surface area contributed by atoms with Crippen molar-refractivity contribution >= 4 is 17.2 Å². The van der Waals surface area contributed by atoms with E-state index in [-0.39, 0.29) is 11.7 Å². The Kier molecular flexibility index (Phi) is 3.59. The quantitative estimate of drug-likeness (QED) is 0.842. The Hall–Kier alpha value is -3.13. The first kappa shape index (κ1) is 14.8. The van der Waals surface area contributed by atoms with Gasteiger partial charge in [0.05, 0.1) is 12.1 Å². The molecular weight excluding hydrogens is 297 g/mol. The van der Waals surface area contributed by atoms with E-state index < -0.39 is 11.8 Å². The Labute approximate surface area is 132 Å². The lowest BCUT2D eigenvalue weighted by atomic mass is 9.91. The molecule has 0 saturated heterocycles. The highest BCUT2D eigenvalue weighted by molar-refractivity contribution is 5.94. The Morgan fingerprint density at radius 2 is 2.04 bits per heavy atom. The lowest BCUT2D eigenvalue weighted by molar-refractivity contribution is 0.0697. The van der Waals surface area contributed by atoms with Crippen molar-refractivity contribution in [2.45, 2.75) is 13.0 Å². The molecule has 0 aliphatic carbocycles. The molecule has 4 nitrogen and oxygen atoms in total. The molecule has 1 N–H and O–H groups in total. The molecule has 3 rings (SSSR count). The second-order valence-corrected chi connectivity index (χ2v) is 5.19. The summed E-state index contributed by atoms with van der Waals surface area (Å²) >= 11 is 0. The zero-order valence-electron chi connectivity index (χ0n) is 12.2. The van der Waals surface area contributed by atoms with Crippen LogP contribution in [-0.2, 0) is 0 Å². The first-order valence-corrected chi connectivity index (χ1v) is 6.93. The molecule has 2 aromatic carbocycles. The van der Waals surface area contributed by atoms with E-state index in [1.165, 1.54) is 30.3 Å². The molecule has 1 unspecified atom stereocenters. The van der Waals surface area contributed by atoms with Gasteiger partial charge in [0.2, 0.25) is 0 Å². The fraction of sp³-hybridized carbons (Fsp3) is 0.111. The third-order valence-electron chi connectivity index (χ3n) is 3.60. The van der Waals surface area contributed by atoms with Gasteiger partial charge in [-0.05, 0) is 54.5 Å². The van der Waals surface area contributed by atoms with Crippen LogP contribution in [0.15, 0.2) is 42.5 Å². The minimum Gasteiger partial charge on any atom is -0.486 e. The molecule has 1 atom stereocenters. The molecule has 1 heterocycles. The Balaban J connectivity index is 2.25. The second kappa shape index (κ2) is 5.58. The third-order valence-corrected chi connectivity index (χ3v) is 3.60. The summed E-state index contributed by atoms with van der Waals surface area (Å²) in [5.41, 5.74) is 1.98. The SMILES string of the molecule is [C-]#[N+]c1ccc(F)cc1C1=CC(C)Oc2ccc(C(=O)O)cc21. The summed E-state index contributed by atoms with van der Waals surface area (Å²) in [7, 11) is 0. The summed E-state index contributed by atoms with van der Waals surface area (Å²) in [4.78, 5) is 14.6. The maximum atomic E-state index is 13.7. The summed E-state index contributed by atoms with van der Waals surface area (Å²) in [6.07, 6.45) is 1.49. The Morgan fingerprint density at radius 1 is 1.26 bits per heavy atom. The van der Waals surface area contributed by atoms with Crippen LogP contribution < -0.4 is 4.74 Å². The molecule has 2 aromatic rings. The van der Waals surface area contributed by atoms with Gasteiger partial charge in [-0.15, -0.1) is 0 Å². The van der Waals surface area contributed by atoms with Crippen LogP contribution in [-0.4, -0.2) is 17.2 Å². The monoisotopic (exact) mass is 309 g/mol. The molecule has 1 aliphatic heterocycles. The molecule has 0 bridgehead atoms. The highest BCUT2D eigenvalue weighted by Crippen LogP contribution is 2.40. The molecule has 0 aromatic heterocycles. The van der Waals surface area contributed by atoms with Gasteiger partial charge in [0.15, 0.2) is 5.69 Å². The van der Waals surface area contributed by atoms with E-state index in [0.717, 1.165) is 0 Å². The van der Waals surface area contributed by atoms with Gasteiger partial charge in [-0.1, -0.05) is 6.07 Å². The van der Waals surface area contributed by atoms with Crippen LogP contribution in [0.25, 0.3) is 10.4 Å². The first-order valence-electron chi connectivity index (χ1n) is 6.93. The number of nitrogens with zero attached hydrogens (tertiary/aromatic N) is 1. The van der Waals surface area contributed by atoms with Crippen molar-refractivity contribution in [1.82, 2.24) is 0 Å². The van der Waals surface area contributed by atoms with E-state index >= 15 is 0 Å². The average Bonchev–Trinajstić information content (AvgIpc) is 2.53. The van der Waals surface area contributed by atoms with E-state index in [2.05, 4.69) is 4.85 Å². The average molecular weight is 309 g/mol. The number of carboxylic acids is 1. The van der Waals surface area contributed by atoms with Gasteiger partial charge < -0.3 is 9.84 Å². The van der Waals surface area contributed by atoms with E-state index in [1.54, 1.807) is 12.1 Å². The predicted molar refractivity (Wildman–Crippen MR) is 83.2 cm³/mol. The second-order valence-electron chi connectivity index (χ2n) is 5.19. The zero-order valence-corrected chi connectivity index (χ0v) is 12.2. The normalized spacial score (nSPS) is 15.9.